The second-order valence-corrected chi connectivity index (χ2v) is 6.27. The summed E-state index contributed by atoms with van der Waals surface area (Å²) < 4.78 is 5.90. The van der Waals surface area contributed by atoms with E-state index in [0.717, 1.165) is 12.8 Å². The molecule has 25 heavy (non-hydrogen) atoms. The molecule has 3 atom stereocenters. The first-order chi connectivity index (χ1) is 12.2. The molecule has 8 nitrogen and oxygen atoms in total. The highest BCUT2D eigenvalue weighted by atomic mass is 16.5. The lowest BCUT2D eigenvalue weighted by molar-refractivity contribution is -0.0174. The van der Waals surface area contributed by atoms with Crippen LogP contribution in [0.4, 0.5) is 0 Å². The SMILES string of the molecule is O=C(N[C@H]1CN(C(=O)c2cc[nH]c2)[C@H]2CCCO[C@@H]12)c1cnccn1. The predicted molar refractivity (Wildman–Crippen MR) is 87.9 cm³/mol. The molecule has 2 fully saturated rings. The molecule has 2 aromatic rings. The van der Waals surface area contributed by atoms with Crippen LogP contribution in [0.2, 0.25) is 0 Å². The third-order valence-corrected chi connectivity index (χ3v) is 4.74. The van der Waals surface area contributed by atoms with Crippen LogP contribution in [0.15, 0.2) is 37.1 Å². The number of likely N-dealkylation sites (tertiary alicyclic amines) is 1. The van der Waals surface area contributed by atoms with E-state index < -0.39 is 0 Å². The Morgan fingerprint density at radius 3 is 3.04 bits per heavy atom. The molecule has 0 saturated carbocycles. The van der Waals surface area contributed by atoms with Gasteiger partial charge in [-0.15, -0.1) is 0 Å². The van der Waals surface area contributed by atoms with Crippen LogP contribution in [-0.2, 0) is 4.74 Å². The van der Waals surface area contributed by atoms with Crippen molar-refractivity contribution in [3.63, 3.8) is 0 Å². The molecule has 2 aliphatic rings. The number of fused-ring (bicyclic) bond motifs is 1. The first-order valence-corrected chi connectivity index (χ1v) is 8.36. The molecule has 130 valence electrons. The summed E-state index contributed by atoms with van der Waals surface area (Å²) in [6.45, 7) is 1.07. The Kier molecular flexibility index (Phi) is 4.19. The second kappa shape index (κ2) is 6.64. The number of H-pyrrole nitrogens is 1. The van der Waals surface area contributed by atoms with Crippen LogP contribution in [0.25, 0.3) is 0 Å². The summed E-state index contributed by atoms with van der Waals surface area (Å²) in [7, 11) is 0. The maximum Gasteiger partial charge on any atom is 0.271 e. The topological polar surface area (TPSA) is 100 Å². The third kappa shape index (κ3) is 3.00. The lowest BCUT2D eigenvalue weighted by Crippen LogP contribution is -2.48. The summed E-state index contributed by atoms with van der Waals surface area (Å²) in [4.78, 5) is 37.8. The van der Waals surface area contributed by atoms with Gasteiger partial charge in [-0.05, 0) is 18.9 Å². The Morgan fingerprint density at radius 1 is 1.36 bits per heavy atom. The van der Waals surface area contributed by atoms with Crippen molar-refractivity contribution in [2.45, 2.75) is 31.0 Å². The zero-order valence-corrected chi connectivity index (χ0v) is 13.6. The van der Waals surface area contributed by atoms with Crippen molar-refractivity contribution in [3.8, 4) is 0 Å². The van der Waals surface area contributed by atoms with Crippen LogP contribution < -0.4 is 5.32 Å². The van der Waals surface area contributed by atoms with Gasteiger partial charge >= 0.3 is 0 Å². The van der Waals surface area contributed by atoms with E-state index in [1.54, 1.807) is 18.5 Å². The van der Waals surface area contributed by atoms with Gasteiger partial charge in [0, 0.05) is 37.9 Å². The summed E-state index contributed by atoms with van der Waals surface area (Å²) in [5.41, 5.74) is 0.871. The van der Waals surface area contributed by atoms with Gasteiger partial charge in [0.1, 0.15) is 5.69 Å². The van der Waals surface area contributed by atoms with E-state index in [9.17, 15) is 9.59 Å². The minimum atomic E-state index is -0.304. The Morgan fingerprint density at radius 2 is 2.28 bits per heavy atom. The largest absolute Gasteiger partial charge is 0.374 e. The number of rotatable bonds is 3. The van der Waals surface area contributed by atoms with Crippen molar-refractivity contribution in [2.75, 3.05) is 13.2 Å². The molecule has 4 heterocycles. The lowest BCUT2D eigenvalue weighted by Gasteiger charge is -2.32. The molecule has 4 rings (SSSR count). The average molecular weight is 341 g/mol. The number of hydrogen-bond acceptors (Lipinski definition) is 5. The number of hydrogen-bond donors (Lipinski definition) is 2. The fourth-order valence-corrected chi connectivity index (χ4v) is 3.60. The van der Waals surface area contributed by atoms with Gasteiger partial charge in [0.2, 0.25) is 0 Å². The van der Waals surface area contributed by atoms with Crippen LogP contribution in [0.1, 0.15) is 33.7 Å². The number of aromatic amines is 1. The number of carbonyl (C=O) groups is 2. The van der Waals surface area contributed by atoms with Crippen molar-refractivity contribution in [1.82, 2.24) is 25.2 Å². The van der Waals surface area contributed by atoms with Gasteiger partial charge in [-0.25, -0.2) is 4.98 Å². The van der Waals surface area contributed by atoms with Gasteiger partial charge in [-0.2, -0.15) is 0 Å². The molecule has 2 aromatic heterocycles. The van der Waals surface area contributed by atoms with E-state index in [1.165, 1.54) is 18.6 Å². The zero-order valence-electron chi connectivity index (χ0n) is 13.6. The van der Waals surface area contributed by atoms with Crippen LogP contribution in [0.5, 0.6) is 0 Å². The summed E-state index contributed by atoms with van der Waals surface area (Å²) in [5, 5.41) is 2.96. The van der Waals surface area contributed by atoms with Crippen LogP contribution in [0, 0.1) is 0 Å². The third-order valence-electron chi connectivity index (χ3n) is 4.74. The number of ether oxygens (including phenoxy) is 1. The standard InChI is InChI=1S/C17H19N5O3/c23-16(12-9-19-5-6-20-12)21-13-10-22(14-2-1-7-25-15(13)14)17(24)11-3-4-18-8-11/h3-6,8-9,13-15,18H,1-2,7,10H2,(H,21,23)/t13-,14-,15-/m0/s1. The normalized spacial score (nSPS) is 25.4. The maximum atomic E-state index is 12.8. The Bertz CT molecular complexity index is 749. The number of aromatic nitrogens is 3. The molecule has 0 aromatic carbocycles. The van der Waals surface area contributed by atoms with Gasteiger partial charge in [0.15, 0.2) is 0 Å². The summed E-state index contributed by atoms with van der Waals surface area (Å²) in [6.07, 6.45) is 9.41. The lowest BCUT2D eigenvalue weighted by atomic mass is 10.0. The number of nitrogens with zero attached hydrogens (tertiary/aromatic N) is 3. The van der Waals surface area contributed by atoms with Crippen molar-refractivity contribution < 1.29 is 14.3 Å². The highest BCUT2D eigenvalue weighted by molar-refractivity contribution is 5.95. The summed E-state index contributed by atoms with van der Waals surface area (Å²) >= 11 is 0. The van der Waals surface area contributed by atoms with E-state index in [-0.39, 0.29) is 35.7 Å². The van der Waals surface area contributed by atoms with E-state index in [2.05, 4.69) is 20.3 Å². The fourth-order valence-electron chi connectivity index (χ4n) is 3.60. The van der Waals surface area contributed by atoms with E-state index in [4.69, 9.17) is 4.74 Å². The quantitative estimate of drug-likeness (QED) is 0.852. The van der Waals surface area contributed by atoms with Crippen LogP contribution >= 0.6 is 0 Å². The molecule has 2 aliphatic heterocycles. The predicted octanol–water partition coefficient (Wildman–Crippen LogP) is 0.607. The van der Waals surface area contributed by atoms with Crippen molar-refractivity contribution in [1.29, 1.82) is 0 Å². The van der Waals surface area contributed by atoms with Crippen molar-refractivity contribution in [2.24, 2.45) is 0 Å². The van der Waals surface area contributed by atoms with Gasteiger partial charge in [-0.1, -0.05) is 0 Å². The van der Waals surface area contributed by atoms with Gasteiger partial charge < -0.3 is 19.9 Å². The summed E-state index contributed by atoms with van der Waals surface area (Å²) in [5.74, 6) is -0.347. The fraction of sp³-hybridized carbons (Fsp3) is 0.412. The number of carbonyl (C=O) groups excluding carboxylic acids is 2. The first-order valence-electron chi connectivity index (χ1n) is 8.36. The Hall–Kier alpha value is -2.74. The van der Waals surface area contributed by atoms with Crippen LogP contribution in [0.3, 0.4) is 0 Å². The minimum Gasteiger partial charge on any atom is -0.374 e. The minimum absolute atomic E-state index is 0.0247. The van der Waals surface area contributed by atoms with E-state index in [0.29, 0.717) is 18.7 Å². The highest BCUT2D eigenvalue weighted by Crippen LogP contribution is 2.30. The molecular weight excluding hydrogens is 322 g/mol. The van der Waals surface area contributed by atoms with Gasteiger partial charge in [0.05, 0.1) is 29.9 Å². The Balaban J connectivity index is 1.52. The zero-order chi connectivity index (χ0) is 17.2. The van der Waals surface area contributed by atoms with Crippen LogP contribution in [-0.4, -0.2) is 63.0 Å². The smallest absolute Gasteiger partial charge is 0.271 e. The molecule has 2 amide bonds. The average Bonchev–Trinajstić information content (AvgIpc) is 3.31. The van der Waals surface area contributed by atoms with Crippen molar-refractivity contribution in [3.05, 3.63) is 48.3 Å². The number of nitrogens with one attached hydrogen (secondary N) is 2. The van der Waals surface area contributed by atoms with Gasteiger partial charge in [0.25, 0.3) is 11.8 Å². The molecule has 2 N–H and O–H groups in total. The summed E-state index contributed by atoms with van der Waals surface area (Å²) in [6, 6.07) is 1.47. The molecule has 2 saturated heterocycles. The van der Waals surface area contributed by atoms with E-state index in [1.807, 2.05) is 4.90 Å². The molecule has 0 radical (unpaired) electrons. The second-order valence-electron chi connectivity index (χ2n) is 6.27. The first kappa shape index (κ1) is 15.8. The Labute approximate surface area is 144 Å². The van der Waals surface area contributed by atoms with Gasteiger partial charge in [-0.3, -0.25) is 14.6 Å². The number of amides is 2. The molecule has 0 unspecified atom stereocenters. The molecule has 0 bridgehead atoms. The molecule has 0 aliphatic carbocycles. The highest BCUT2D eigenvalue weighted by Gasteiger charge is 2.46. The molecule has 0 spiro atoms. The maximum absolute atomic E-state index is 12.8. The van der Waals surface area contributed by atoms with Crippen molar-refractivity contribution >= 4 is 11.8 Å². The van der Waals surface area contributed by atoms with E-state index >= 15 is 0 Å². The molecule has 8 heteroatoms. The molecular formula is C17H19N5O3. The monoisotopic (exact) mass is 341 g/mol.